The fraction of sp³-hybridized carbons (Fsp3) is 0.692. The van der Waals surface area contributed by atoms with Crippen LogP contribution in [-0.2, 0) is 6.54 Å². The fourth-order valence-electron chi connectivity index (χ4n) is 2.05. The third-order valence-electron chi connectivity index (χ3n) is 3.06. The van der Waals surface area contributed by atoms with Gasteiger partial charge in [-0.15, -0.1) is 11.3 Å². The third-order valence-corrected chi connectivity index (χ3v) is 5.41. The Morgan fingerprint density at radius 1 is 1.55 bits per heavy atom. The van der Waals surface area contributed by atoms with Crippen LogP contribution in [0.4, 0.5) is 9.93 Å². The van der Waals surface area contributed by atoms with Crippen molar-refractivity contribution < 1.29 is 4.79 Å². The van der Waals surface area contributed by atoms with Crippen LogP contribution in [0.15, 0.2) is 5.38 Å². The number of aromatic nitrogens is 1. The molecule has 2 amide bonds. The van der Waals surface area contributed by atoms with E-state index in [0.29, 0.717) is 6.54 Å². The molecule has 0 saturated carbocycles. The molecular weight excluding hydrogens is 292 g/mol. The molecule has 2 rings (SSSR count). The Bertz CT molecular complexity index is 473. The topological polar surface area (TPSA) is 48.5 Å². The third kappa shape index (κ3) is 4.02. The maximum atomic E-state index is 12.2. The summed E-state index contributed by atoms with van der Waals surface area (Å²) in [7, 11) is 3.93. The van der Waals surface area contributed by atoms with E-state index in [1.165, 1.54) is 0 Å². The molecule has 20 heavy (non-hydrogen) atoms. The number of carbonyl (C=O) groups is 1. The van der Waals surface area contributed by atoms with E-state index >= 15 is 0 Å². The lowest BCUT2D eigenvalue weighted by molar-refractivity contribution is 0.194. The van der Waals surface area contributed by atoms with E-state index in [9.17, 15) is 4.79 Å². The van der Waals surface area contributed by atoms with Crippen LogP contribution in [0.5, 0.6) is 0 Å². The van der Waals surface area contributed by atoms with Crippen molar-refractivity contribution in [1.82, 2.24) is 15.2 Å². The van der Waals surface area contributed by atoms with E-state index in [0.717, 1.165) is 29.7 Å². The van der Waals surface area contributed by atoms with Crippen molar-refractivity contribution in [3.63, 3.8) is 0 Å². The van der Waals surface area contributed by atoms with Crippen molar-refractivity contribution in [1.29, 1.82) is 0 Å². The molecule has 0 atom stereocenters. The highest BCUT2D eigenvalue weighted by molar-refractivity contribution is 8.00. The average molecular weight is 314 g/mol. The molecule has 5 nitrogen and oxygen atoms in total. The maximum Gasteiger partial charge on any atom is 0.317 e. The zero-order valence-corrected chi connectivity index (χ0v) is 14.1. The summed E-state index contributed by atoms with van der Waals surface area (Å²) in [6.07, 6.45) is 0. The number of thiazole rings is 1. The van der Waals surface area contributed by atoms with Crippen LogP contribution in [0.1, 0.15) is 19.5 Å². The Labute approximate surface area is 128 Å². The molecule has 0 unspecified atom stereocenters. The largest absolute Gasteiger partial charge is 0.354 e. The quantitative estimate of drug-likeness (QED) is 0.929. The Kier molecular flexibility index (Phi) is 4.80. The zero-order valence-electron chi connectivity index (χ0n) is 12.5. The minimum absolute atomic E-state index is 0.0118. The van der Waals surface area contributed by atoms with E-state index < -0.39 is 0 Å². The summed E-state index contributed by atoms with van der Waals surface area (Å²) >= 11 is 3.52. The highest BCUT2D eigenvalue weighted by atomic mass is 32.2. The van der Waals surface area contributed by atoms with Crippen molar-refractivity contribution in [2.45, 2.75) is 25.1 Å². The number of amides is 2. The van der Waals surface area contributed by atoms with Crippen LogP contribution in [0.3, 0.4) is 0 Å². The number of hydrogen-bond acceptors (Lipinski definition) is 5. The van der Waals surface area contributed by atoms with Crippen LogP contribution in [-0.4, -0.2) is 53.6 Å². The summed E-state index contributed by atoms with van der Waals surface area (Å²) in [5.74, 6) is 1.00. The van der Waals surface area contributed by atoms with Crippen LogP contribution < -0.4 is 10.2 Å². The second-order valence-electron chi connectivity index (χ2n) is 5.70. The number of carbonyl (C=O) groups excluding carboxylic acids is 1. The fourth-order valence-corrected chi connectivity index (χ4v) is 3.92. The Morgan fingerprint density at radius 2 is 2.30 bits per heavy atom. The minimum atomic E-state index is 0.0118. The van der Waals surface area contributed by atoms with Gasteiger partial charge in [-0.25, -0.2) is 9.78 Å². The summed E-state index contributed by atoms with van der Waals surface area (Å²) in [6, 6.07) is 0.0118. The number of rotatable bonds is 3. The smallest absolute Gasteiger partial charge is 0.317 e. The highest BCUT2D eigenvalue weighted by Crippen LogP contribution is 2.29. The molecule has 2 heterocycles. The molecule has 0 aliphatic carbocycles. The molecule has 7 heteroatoms. The van der Waals surface area contributed by atoms with Crippen LogP contribution in [0.25, 0.3) is 0 Å². The van der Waals surface area contributed by atoms with Gasteiger partial charge < -0.3 is 15.1 Å². The van der Waals surface area contributed by atoms with E-state index in [-0.39, 0.29) is 10.8 Å². The first kappa shape index (κ1) is 15.4. The first-order chi connectivity index (χ1) is 9.37. The standard InChI is InChI=1S/C13H22N4OS2/c1-13(2)9-17(5-6-20-13)11(18)14-7-10-8-19-12(15-10)16(3)4/h8H,5-7,9H2,1-4H3,(H,14,18). The molecule has 1 saturated heterocycles. The minimum Gasteiger partial charge on any atom is -0.354 e. The second kappa shape index (κ2) is 6.22. The molecule has 1 aromatic rings. The predicted molar refractivity (Wildman–Crippen MR) is 86.8 cm³/mol. The monoisotopic (exact) mass is 314 g/mol. The van der Waals surface area contributed by atoms with Gasteiger partial charge in [0.15, 0.2) is 5.13 Å². The summed E-state index contributed by atoms with van der Waals surface area (Å²) in [5, 5.41) is 5.92. The van der Waals surface area contributed by atoms with Crippen molar-refractivity contribution in [2.75, 3.05) is 37.8 Å². The first-order valence-corrected chi connectivity index (χ1v) is 8.52. The lowest BCUT2D eigenvalue weighted by atomic mass is 10.2. The lowest BCUT2D eigenvalue weighted by Crippen LogP contribution is -2.49. The van der Waals surface area contributed by atoms with E-state index in [1.807, 2.05) is 41.0 Å². The Balaban J connectivity index is 1.85. The van der Waals surface area contributed by atoms with Gasteiger partial charge in [0.05, 0.1) is 12.2 Å². The molecule has 0 radical (unpaired) electrons. The molecule has 1 aliphatic heterocycles. The maximum absolute atomic E-state index is 12.2. The van der Waals surface area contributed by atoms with E-state index in [1.54, 1.807) is 11.3 Å². The lowest BCUT2D eigenvalue weighted by Gasteiger charge is -2.37. The number of hydrogen-bond donors (Lipinski definition) is 1. The highest BCUT2D eigenvalue weighted by Gasteiger charge is 2.29. The molecule has 0 spiro atoms. The van der Waals surface area contributed by atoms with Crippen LogP contribution >= 0.6 is 23.1 Å². The van der Waals surface area contributed by atoms with Crippen molar-refractivity contribution in [3.05, 3.63) is 11.1 Å². The molecule has 1 fully saturated rings. The van der Waals surface area contributed by atoms with Crippen LogP contribution in [0.2, 0.25) is 0 Å². The molecule has 1 N–H and O–H groups in total. The van der Waals surface area contributed by atoms with Gasteiger partial charge in [0.25, 0.3) is 0 Å². The number of nitrogens with one attached hydrogen (secondary N) is 1. The normalized spacial score (nSPS) is 17.9. The Morgan fingerprint density at radius 3 is 2.90 bits per heavy atom. The van der Waals surface area contributed by atoms with E-state index in [4.69, 9.17) is 0 Å². The SMILES string of the molecule is CN(C)c1nc(CNC(=O)N2CCSC(C)(C)C2)cs1. The Hall–Kier alpha value is -0.950. The number of thioether (sulfide) groups is 1. The second-order valence-corrected chi connectivity index (χ2v) is 8.34. The number of urea groups is 1. The molecule has 0 bridgehead atoms. The molecule has 1 aliphatic rings. The molecule has 1 aromatic heterocycles. The van der Waals surface area contributed by atoms with Gasteiger partial charge in [-0.2, -0.15) is 11.8 Å². The summed E-state index contributed by atoms with van der Waals surface area (Å²) < 4.78 is 0.147. The predicted octanol–water partition coefficient (Wildman–Crippen LogP) is 2.25. The van der Waals surface area contributed by atoms with Gasteiger partial charge in [-0.05, 0) is 13.8 Å². The first-order valence-electron chi connectivity index (χ1n) is 6.66. The van der Waals surface area contributed by atoms with E-state index in [2.05, 4.69) is 24.1 Å². The molecule has 0 aromatic carbocycles. The summed E-state index contributed by atoms with van der Waals surface area (Å²) in [5.41, 5.74) is 0.915. The average Bonchev–Trinajstić information content (AvgIpc) is 2.83. The van der Waals surface area contributed by atoms with Gasteiger partial charge in [0.1, 0.15) is 0 Å². The van der Waals surface area contributed by atoms with Gasteiger partial charge in [0, 0.05) is 43.1 Å². The number of nitrogens with zero attached hydrogens (tertiary/aromatic N) is 3. The van der Waals surface area contributed by atoms with Crippen LogP contribution in [0, 0.1) is 0 Å². The molecular formula is C13H22N4OS2. The van der Waals surface area contributed by atoms with Gasteiger partial charge in [0.2, 0.25) is 0 Å². The summed E-state index contributed by atoms with van der Waals surface area (Å²) in [6.45, 7) is 6.47. The summed E-state index contributed by atoms with van der Waals surface area (Å²) in [4.78, 5) is 20.5. The van der Waals surface area contributed by atoms with Crippen molar-refractivity contribution in [3.8, 4) is 0 Å². The van der Waals surface area contributed by atoms with Gasteiger partial charge >= 0.3 is 6.03 Å². The molecule has 112 valence electrons. The zero-order chi connectivity index (χ0) is 14.8. The van der Waals surface area contributed by atoms with Crippen molar-refractivity contribution in [2.24, 2.45) is 0 Å². The van der Waals surface area contributed by atoms with Gasteiger partial charge in [-0.1, -0.05) is 0 Å². The van der Waals surface area contributed by atoms with Crippen molar-refractivity contribution >= 4 is 34.3 Å². The number of anilines is 1. The van der Waals surface area contributed by atoms with Gasteiger partial charge in [-0.3, -0.25) is 0 Å².